The molecule has 1 aliphatic carbocycles. The molecule has 0 bridgehead atoms. The molecular weight excluding hydrogens is 314 g/mol. The first kappa shape index (κ1) is 17.2. The van der Waals surface area contributed by atoms with E-state index in [1.54, 1.807) is 0 Å². The van der Waals surface area contributed by atoms with Crippen molar-refractivity contribution < 1.29 is 4.79 Å². The Morgan fingerprint density at radius 1 is 1.16 bits per heavy atom. The second-order valence-electron chi connectivity index (χ2n) is 6.88. The lowest BCUT2D eigenvalue weighted by Gasteiger charge is -2.23. The molecule has 1 saturated heterocycles. The quantitative estimate of drug-likeness (QED) is 0.893. The van der Waals surface area contributed by atoms with Crippen molar-refractivity contribution in [2.75, 3.05) is 18.0 Å². The minimum atomic E-state index is -0.0452. The van der Waals surface area contributed by atoms with Gasteiger partial charge in [-0.1, -0.05) is 12.8 Å². The lowest BCUT2D eigenvalue weighted by atomic mass is 9.91. The number of pyridine rings is 1. The number of carbonyl (C=O) groups is 1. The SMILES string of the molecule is CC(=O)NC1CCN(c2nc3c(c(C#N)c2C#N)CCCCCC3)C1. The Bertz CT molecular complexity index is 759. The van der Waals surface area contributed by atoms with E-state index in [2.05, 4.69) is 17.5 Å². The molecule has 1 aliphatic heterocycles. The van der Waals surface area contributed by atoms with Gasteiger partial charge in [0.25, 0.3) is 0 Å². The number of anilines is 1. The van der Waals surface area contributed by atoms with E-state index in [0.29, 0.717) is 23.5 Å². The molecule has 130 valence electrons. The second kappa shape index (κ2) is 7.53. The van der Waals surface area contributed by atoms with Crippen LogP contribution in [0.25, 0.3) is 0 Å². The van der Waals surface area contributed by atoms with E-state index < -0.39 is 0 Å². The second-order valence-corrected chi connectivity index (χ2v) is 6.88. The topological polar surface area (TPSA) is 92.8 Å². The van der Waals surface area contributed by atoms with Crippen molar-refractivity contribution in [1.82, 2.24) is 10.3 Å². The molecule has 1 atom stereocenters. The van der Waals surface area contributed by atoms with Gasteiger partial charge in [0.15, 0.2) is 0 Å². The number of aromatic nitrogens is 1. The van der Waals surface area contributed by atoms with E-state index in [0.717, 1.165) is 49.9 Å². The summed E-state index contributed by atoms with van der Waals surface area (Å²) in [5.74, 6) is 0.572. The minimum Gasteiger partial charge on any atom is -0.353 e. The molecule has 2 aliphatic rings. The Balaban J connectivity index is 1.99. The van der Waals surface area contributed by atoms with Crippen molar-refractivity contribution in [3.05, 3.63) is 22.4 Å². The average Bonchev–Trinajstić information content (AvgIpc) is 3.01. The molecule has 1 N–H and O–H groups in total. The zero-order chi connectivity index (χ0) is 17.8. The van der Waals surface area contributed by atoms with Crippen LogP contribution in [0.3, 0.4) is 0 Å². The van der Waals surface area contributed by atoms with Gasteiger partial charge in [-0.2, -0.15) is 10.5 Å². The van der Waals surface area contributed by atoms with Gasteiger partial charge in [0.05, 0.1) is 5.56 Å². The summed E-state index contributed by atoms with van der Waals surface area (Å²) in [6, 6.07) is 4.56. The third-order valence-electron chi connectivity index (χ3n) is 5.07. The molecule has 2 heterocycles. The average molecular weight is 337 g/mol. The fourth-order valence-corrected chi connectivity index (χ4v) is 3.90. The van der Waals surface area contributed by atoms with Crippen LogP contribution in [-0.2, 0) is 17.6 Å². The summed E-state index contributed by atoms with van der Waals surface area (Å²) in [6.07, 6.45) is 6.99. The normalized spacial score (nSPS) is 20.0. The summed E-state index contributed by atoms with van der Waals surface area (Å²) in [7, 11) is 0. The smallest absolute Gasteiger partial charge is 0.217 e. The fraction of sp³-hybridized carbons (Fsp3) is 0.579. The van der Waals surface area contributed by atoms with E-state index in [4.69, 9.17) is 4.98 Å². The fourth-order valence-electron chi connectivity index (χ4n) is 3.90. The van der Waals surface area contributed by atoms with Gasteiger partial charge in [-0.15, -0.1) is 0 Å². The van der Waals surface area contributed by atoms with Gasteiger partial charge in [0, 0.05) is 31.7 Å². The summed E-state index contributed by atoms with van der Waals surface area (Å²) >= 11 is 0. The van der Waals surface area contributed by atoms with Crippen LogP contribution in [0.2, 0.25) is 0 Å². The van der Waals surface area contributed by atoms with Crippen molar-refractivity contribution in [2.24, 2.45) is 0 Å². The van der Waals surface area contributed by atoms with Crippen LogP contribution >= 0.6 is 0 Å². The molecule has 6 nitrogen and oxygen atoms in total. The number of hydrogen-bond donors (Lipinski definition) is 1. The molecule has 1 aromatic rings. The standard InChI is InChI=1S/C19H23N5O/c1-13(25)22-14-8-9-24(12-14)19-17(11-21)16(10-20)15-6-4-2-3-5-7-18(15)23-19/h14H,2-9,12H2,1H3,(H,22,25). The van der Waals surface area contributed by atoms with Crippen LogP contribution in [0.1, 0.15) is 61.4 Å². The van der Waals surface area contributed by atoms with Crippen LogP contribution in [0.15, 0.2) is 0 Å². The Morgan fingerprint density at radius 2 is 1.88 bits per heavy atom. The lowest BCUT2D eigenvalue weighted by molar-refractivity contribution is -0.119. The molecular formula is C19H23N5O. The number of nitrogens with zero attached hydrogens (tertiary/aromatic N) is 4. The molecule has 0 spiro atoms. The minimum absolute atomic E-state index is 0.0452. The molecule has 3 rings (SSSR count). The van der Waals surface area contributed by atoms with Gasteiger partial charge >= 0.3 is 0 Å². The summed E-state index contributed by atoms with van der Waals surface area (Å²) < 4.78 is 0. The molecule has 6 heteroatoms. The maximum atomic E-state index is 11.3. The predicted octanol–water partition coefficient (Wildman–Crippen LogP) is 2.20. The molecule has 1 fully saturated rings. The molecule has 0 saturated carbocycles. The van der Waals surface area contributed by atoms with Crippen molar-refractivity contribution in [3.63, 3.8) is 0 Å². The number of rotatable bonds is 2. The lowest BCUT2D eigenvalue weighted by Crippen LogP contribution is -2.36. The number of aryl methyl sites for hydroxylation is 1. The number of amides is 1. The van der Waals surface area contributed by atoms with Crippen molar-refractivity contribution in [2.45, 2.75) is 57.9 Å². The summed E-state index contributed by atoms with van der Waals surface area (Å²) in [4.78, 5) is 18.2. The highest BCUT2D eigenvalue weighted by atomic mass is 16.1. The van der Waals surface area contributed by atoms with E-state index >= 15 is 0 Å². The predicted molar refractivity (Wildman–Crippen MR) is 94.0 cm³/mol. The Kier molecular flexibility index (Phi) is 5.19. The van der Waals surface area contributed by atoms with E-state index in [1.165, 1.54) is 19.8 Å². The van der Waals surface area contributed by atoms with E-state index in [-0.39, 0.29) is 11.9 Å². The first-order chi connectivity index (χ1) is 12.1. The largest absolute Gasteiger partial charge is 0.353 e. The van der Waals surface area contributed by atoms with Crippen LogP contribution in [0.5, 0.6) is 0 Å². The zero-order valence-electron chi connectivity index (χ0n) is 14.6. The molecule has 1 amide bonds. The number of nitriles is 2. The van der Waals surface area contributed by atoms with Crippen molar-refractivity contribution in [3.8, 4) is 12.1 Å². The Labute approximate surface area is 148 Å². The van der Waals surface area contributed by atoms with Crippen LogP contribution in [0, 0.1) is 22.7 Å². The third-order valence-corrected chi connectivity index (χ3v) is 5.07. The van der Waals surface area contributed by atoms with E-state index in [9.17, 15) is 15.3 Å². The molecule has 1 unspecified atom stereocenters. The van der Waals surface area contributed by atoms with Crippen LogP contribution < -0.4 is 10.2 Å². The van der Waals surface area contributed by atoms with Gasteiger partial charge in [-0.3, -0.25) is 4.79 Å². The summed E-state index contributed by atoms with van der Waals surface area (Å²) in [5, 5.41) is 22.3. The zero-order valence-corrected chi connectivity index (χ0v) is 14.6. The molecule has 0 aromatic carbocycles. The molecule has 25 heavy (non-hydrogen) atoms. The van der Waals surface area contributed by atoms with Gasteiger partial charge in [-0.05, 0) is 37.7 Å². The monoisotopic (exact) mass is 337 g/mol. The van der Waals surface area contributed by atoms with Crippen molar-refractivity contribution in [1.29, 1.82) is 10.5 Å². The maximum absolute atomic E-state index is 11.3. The van der Waals surface area contributed by atoms with Crippen LogP contribution in [0.4, 0.5) is 5.82 Å². The van der Waals surface area contributed by atoms with Gasteiger partial charge in [-0.25, -0.2) is 4.98 Å². The van der Waals surface area contributed by atoms with Crippen LogP contribution in [-0.4, -0.2) is 30.0 Å². The Morgan fingerprint density at radius 3 is 2.56 bits per heavy atom. The van der Waals surface area contributed by atoms with Gasteiger partial charge in [0.1, 0.15) is 23.5 Å². The van der Waals surface area contributed by atoms with Gasteiger partial charge in [0.2, 0.25) is 5.91 Å². The molecule has 0 radical (unpaired) electrons. The Hall–Kier alpha value is -2.60. The highest BCUT2D eigenvalue weighted by Gasteiger charge is 2.29. The highest BCUT2D eigenvalue weighted by molar-refractivity contribution is 5.73. The third kappa shape index (κ3) is 3.58. The first-order valence-corrected chi connectivity index (χ1v) is 9.02. The van der Waals surface area contributed by atoms with Gasteiger partial charge < -0.3 is 10.2 Å². The van der Waals surface area contributed by atoms with Crippen molar-refractivity contribution >= 4 is 11.7 Å². The summed E-state index contributed by atoms with van der Waals surface area (Å²) in [5.41, 5.74) is 2.85. The number of carbonyl (C=O) groups excluding carboxylic acids is 1. The number of hydrogen-bond acceptors (Lipinski definition) is 5. The summed E-state index contributed by atoms with van der Waals surface area (Å²) in [6.45, 7) is 2.88. The number of fused-ring (bicyclic) bond motifs is 1. The molecule has 1 aromatic heterocycles. The first-order valence-electron chi connectivity index (χ1n) is 9.02. The van der Waals surface area contributed by atoms with E-state index in [1.807, 2.05) is 4.90 Å². The number of nitrogens with one attached hydrogen (secondary N) is 1. The maximum Gasteiger partial charge on any atom is 0.217 e. The highest BCUT2D eigenvalue weighted by Crippen LogP contribution is 2.31.